The van der Waals surface area contributed by atoms with Crippen LogP contribution in [0.1, 0.15) is 19.4 Å². The van der Waals surface area contributed by atoms with Crippen molar-refractivity contribution in [3.63, 3.8) is 0 Å². The van der Waals surface area contributed by atoms with Gasteiger partial charge in [0.2, 0.25) is 0 Å². The van der Waals surface area contributed by atoms with Gasteiger partial charge in [-0.05, 0) is 55.8 Å². The van der Waals surface area contributed by atoms with E-state index >= 15 is 0 Å². The van der Waals surface area contributed by atoms with Gasteiger partial charge in [0.05, 0.1) is 23.4 Å². The van der Waals surface area contributed by atoms with Crippen molar-refractivity contribution in [1.82, 2.24) is 4.57 Å². The largest absolute Gasteiger partial charge is 0.494 e. The highest BCUT2D eigenvalue weighted by Gasteiger charge is 2.18. The standard InChI is InChI=1S/C19H17BrN2O/c1-3-22-18-11-14(20)7-10-16(18)17(12-21)19(22)13-5-8-15(9-6-13)23-4-2/h5-11H,3-4H2,1-2H3. The molecule has 0 aliphatic carbocycles. The van der Waals surface area contributed by atoms with E-state index in [0.717, 1.165) is 44.5 Å². The number of benzene rings is 2. The Hall–Kier alpha value is -2.25. The molecular weight excluding hydrogens is 352 g/mol. The number of ether oxygens (including phenoxy) is 1. The molecule has 0 N–H and O–H groups in total. The number of fused-ring (bicyclic) bond motifs is 1. The number of nitriles is 1. The zero-order valence-corrected chi connectivity index (χ0v) is 14.7. The third kappa shape index (κ3) is 2.73. The number of aromatic nitrogens is 1. The lowest BCUT2D eigenvalue weighted by atomic mass is 10.1. The van der Waals surface area contributed by atoms with Crippen molar-refractivity contribution in [2.45, 2.75) is 20.4 Å². The Bertz CT molecular complexity index is 888. The Morgan fingerprint density at radius 3 is 2.48 bits per heavy atom. The van der Waals surface area contributed by atoms with Gasteiger partial charge in [0, 0.05) is 16.4 Å². The number of aryl methyl sites for hydroxylation is 1. The summed E-state index contributed by atoms with van der Waals surface area (Å²) in [6, 6.07) is 16.4. The zero-order chi connectivity index (χ0) is 16.4. The molecule has 23 heavy (non-hydrogen) atoms. The first kappa shape index (κ1) is 15.6. The molecule has 0 saturated heterocycles. The second-order valence-electron chi connectivity index (χ2n) is 5.20. The summed E-state index contributed by atoms with van der Waals surface area (Å²) in [6.07, 6.45) is 0. The van der Waals surface area contributed by atoms with E-state index in [1.807, 2.05) is 43.3 Å². The Labute approximate surface area is 144 Å². The Balaban J connectivity index is 2.25. The molecule has 3 rings (SSSR count). The first-order valence-electron chi connectivity index (χ1n) is 7.64. The fourth-order valence-corrected chi connectivity index (χ4v) is 3.29. The maximum atomic E-state index is 9.70. The molecule has 3 nitrogen and oxygen atoms in total. The van der Waals surface area contributed by atoms with Gasteiger partial charge in [-0.2, -0.15) is 5.26 Å². The van der Waals surface area contributed by atoms with Gasteiger partial charge in [0.15, 0.2) is 0 Å². The summed E-state index contributed by atoms with van der Waals surface area (Å²) in [5.41, 5.74) is 3.78. The average molecular weight is 369 g/mol. The first-order chi connectivity index (χ1) is 11.2. The molecule has 0 spiro atoms. The van der Waals surface area contributed by atoms with E-state index in [1.165, 1.54) is 0 Å². The van der Waals surface area contributed by atoms with Crippen molar-refractivity contribution in [2.75, 3.05) is 6.61 Å². The number of halogens is 1. The Morgan fingerprint density at radius 2 is 1.87 bits per heavy atom. The second-order valence-corrected chi connectivity index (χ2v) is 6.11. The normalized spacial score (nSPS) is 10.7. The summed E-state index contributed by atoms with van der Waals surface area (Å²) >= 11 is 3.52. The molecule has 0 fully saturated rings. The van der Waals surface area contributed by atoms with Crippen LogP contribution in [0.4, 0.5) is 0 Å². The fourth-order valence-electron chi connectivity index (χ4n) is 2.94. The molecule has 0 radical (unpaired) electrons. The third-order valence-corrected chi connectivity index (χ3v) is 4.39. The van der Waals surface area contributed by atoms with Crippen LogP contribution < -0.4 is 4.74 Å². The molecule has 0 atom stereocenters. The predicted octanol–water partition coefficient (Wildman–Crippen LogP) is 5.36. The molecule has 0 amide bonds. The van der Waals surface area contributed by atoms with Crippen molar-refractivity contribution < 1.29 is 4.74 Å². The van der Waals surface area contributed by atoms with Crippen LogP contribution in [0, 0.1) is 11.3 Å². The van der Waals surface area contributed by atoms with Gasteiger partial charge in [0.1, 0.15) is 11.8 Å². The molecule has 4 heteroatoms. The maximum absolute atomic E-state index is 9.70. The van der Waals surface area contributed by atoms with Crippen LogP contribution >= 0.6 is 15.9 Å². The molecule has 0 bridgehead atoms. The van der Waals surface area contributed by atoms with Gasteiger partial charge < -0.3 is 9.30 Å². The number of hydrogen-bond donors (Lipinski definition) is 0. The predicted molar refractivity (Wildman–Crippen MR) is 96.6 cm³/mol. The molecule has 1 aromatic heterocycles. The van der Waals surface area contributed by atoms with Crippen LogP contribution in [-0.2, 0) is 6.54 Å². The van der Waals surface area contributed by atoms with Gasteiger partial charge in [-0.25, -0.2) is 0 Å². The van der Waals surface area contributed by atoms with Gasteiger partial charge in [-0.3, -0.25) is 0 Å². The summed E-state index contributed by atoms with van der Waals surface area (Å²) < 4.78 is 8.71. The Kier molecular flexibility index (Phi) is 4.40. The topological polar surface area (TPSA) is 37.9 Å². The van der Waals surface area contributed by atoms with Crippen LogP contribution in [0.2, 0.25) is 0 Å². The monoisotopic (exact) mass is 368 g/mol. The minimum absolute atomic E-state index is 0.645. The summed E-state index contributed by atoms with van der Waals surface area (Å²) in [5, 5.41) is 10.7. The molecule has 116 valence electrons. The number of nitrogens with zero attached hydrogens (tertiary/aromatic N) is 2. The minimum Gasteiger partial charge on any atom is -0.494 e. The quantitative estimate of drug-likeness (QED) is 0.621. The molecule has 0 saturated carbocycles. The zero-order valence-electron chi connectivity index (χ0n) is 13.1. The van der Waals surface area contributed by atoms with E-state index in [0.29, 0.717) is 6.61 Å². The van der Waals surface area contributed by atoms with E-state index < -0.39 is 0 Å². The minimum atomic E-state index is 0.645. The Morgan fingerprint density at radius 1 is 1.13 bits per heavy atom. The van der Waals surface area contributed by atoms with Gasteiger partial charge in [-0.1, -0.05) is 22.0 Å². The highest BCUT2D eigenvalue weighted by atomic mass is 79.9. The lowest BCUT2D eigenvalue weighted by Crippen LogP contribution is -1.98. The molecule has 1 heterocycles. The van der Waals surface area contributed by atoms with Crippen molar-refractivity contribution in [2.24, 2.45) is 0 Å². The van der Waals surface area contributed by atoms with Crippen LogP contribution in [0.15, 0.2) is 46.9 Å². The smallest absolute Gasteiger partial charge is 0.119 e. The van der Waals surface area contributed by atoms with Crippen molar-refractivity contribution in [1.29, 1.82) is 5.26 Å². The highest BCUT2D eigenvalue weighted by Crippen LogP contribution is 2.35. The van der Waals surface area contributed by atoms with Gasteiger partial charge >= 0.3 is 0 Å². The van der Waals surface area contributed by atoms with Crippen LogP contribution in [0.3, 0.4) is 0 Å². The van der Waals surface area contributed by atoms with Crippen LogP contribution in [-0.4, -0.2) is 11.2 Å². The molecule has 0 aliphatic rings. The first-order valence-corrected chi connectivity index (χ1v) is 8.44. The number of rotatable bonds is 4. The molecular formula is C19H17BrN2O. The van der Waals surface area contributed by atoms with Gasteiger partial charge in [-0.15, -0.1) is 0 Å². The van der Waals surface area contributed by atoms with E-state index in [1.54, 1.807) is 0 Å². The maximum Gasteiger partial charge on any atom is 0.119 e. The van der Waals surface area contributed by atoms with Gasteiger partial charge in [0.25, 0.3) is 0 Å². The molecule has 3 aromatic rings. The summed E-state index contributed by atoms with van der Waals surface area (Å²) in [6.45, 7) is 5.51. The molecule has 0 aliphatic heterocycles. The van der Waals surface area contributed by atoms with Crippen molar-refractivity contribution in [3.05, 3.63) is 52.5 Å². The third-order valence-electron chi connectivity index (χ3n) is 3.89. The van der Waals surface area contributed by atoms with Crippen molar-refractivity contribution in [3.8, 4) is 23.1 Å². The summed E-state index contributed by atoms with van der Waals surface area (Å²) in [7, 11) is 0. The van der Waals surface area contributed by atoms with E-state index in [9.17, 15) is 5.26 Å². The lowest BCUT2D eigenvalue weighted by Gasteiger charge is -2.10. The van der Waals surface area contributed by atoms with E-state index in [2.05, 4.69) is 39.6 Å². The van der Waals surface area contributed by atoms with Crippen molar-refractivity contribution >= 4 is 26.8 Å². The summed E-state index contributed by atoms with van der Waals surface area (Å²) in [5.74, 6) is 0.844. The molecule has 0 unspecified atom stereocenters. The van der Waals surface area contributed by atoms with E-state index in [4.69, 9.17) is 4.74 Å². The fraction of sp³-hybridized carbons (Fsp3) is 0.211. The second kappa shape index (κ2) is 6.47. The number of hydrogen-bond acceptors (Lipinski definition) is 2. The lowest BCUT2D eigenvalue weighted by molar-refractivity contribution is 0.340. The SMILES string of the molecule is CCOc1ccc(-c2c(C#N)c3ccc(Br)cc3n2CC)cc1. The molecule has 2 aromatic carbocycles. The average Bonchev–Trinajstić information content (AvgIpc) is 2.88. The summed E-state index contributed by atoms with van der Waals surface area (Å²) in [4.78, 5) is 0. The van der Waals surface area contributed by atoms with Crippen LogP contribution in [0.25, 0.3) is 22.2 Å². The highest BCUT2D eigenvalue weighted by molar-refractivity contribution is 9.10. The van der Waals surface area contributed by atoms with Crippen LogP contribution in [0.5, 0.6) is 5.75 Å². The van der Waals surface area contributed by atoms with E-state index in [-0.39, 0.29) is 0 Å².